The largest absolute Gasteiger partial charge is 0.491 e. The van der Waals surface area contributed by atoms with Crippen LogP contribution in [0.4, 0.5) is 0 Å². The van der Waals surface area contributed by atoms with Crippen LogP contribution in [0.1, 0.15) is 13.8 Å². The average Bonchev–Trinajstić information content (AvgIpc) is 2.29. The Kier molecular flexibility index (Phi) is 3.59. The first-order valence-electron chi connectivity index (χ1n) is 5.39. The summed E-state index contributed by atoms with van der Waals surface area (Å²) < 4.78 is 5.63. The number of rotatable bonds is 3. The predicted octanol–water partition coefficient (Wildman–Crippen LogP) is 3.58. The molecule has 0 aliphatic carbocycles. The fraction of sp³-hybridized carbons (Fsp3) is 0.231. The van der Waals surface area contributed by atoms with E-state index < -0.39 is 0 Å². The maximum atomic E-state index is 6.02. The third-order valence-corrected chi connectivity index (χ3v) is 2.48. The molecule has 0 unspecified atom stereocenters. The zero-order valence-electron chi connectivity index (χ0n) is 9.72. The second-order valence-electron chi connectivity index (χ2n) is 3.92. The summed E-state index contributed by atoms with van der Waals surface area (Å²) in [4.78, 5) is 7.94. The molecule has 0 spiro atoms. The van der Waals surface area contributed by atoms with Crippen molar-refractivity contribution in [1.82, 2.24) is 9.97 Å². The number of ether oxygens (including phenoxy) is 1. The molecule has 0 saturated carbocycles. The first-order valence-corrected chi connectivity index (χ1v) is 5.77. The van der Waals surface area contributed by atoms with Crippen molar-refractivity contribution < 1.29 is 4.74 Å². The third-order valence-electron chi connectivity index (χ3n) is 2.18. The summed E-state index contributed by atoms with van der Waals surface area (Å²) in [5.41, 5.74) is 1.76. The molecule has 17 heavy (non-hydrogen) atoms. The van der Waals surface area contributed by atoms with Gasteiger partial charge in [-0.1, -0.05) is 23.7 Å². The van der Waals surface area contributed by atoms with Crippen molar-refractivity contribution in [2.75, 3.05) is 0 Å². The van der Waals surface area contributed by atoms with Gasteiger partial charge in [0.05, 0.1) is 6.10 Å². The molecule has 2 aromatic rings. The molecule has 0 radical (unpaired) electrons. The van der Waals surface area contributed by atoms with Gasteiger partial charge in [0.1, 0.15) is 17.2 Å². The molecular formula is C13H13ClN2O. The normalized spacial score (nSPS) is 10.6. The van der Waals surface area contributed by atoms with E-state index in [2.05, 4.69) is 9.97 Å². The van der Waals surface area contributed by atoms with E-state index >= 15 is 0 Å². The van der Waals surface area contributed by atoms with E-state index in [1.54, 1.807) is 6.20 Å². The van der Waals surface area contributed by atoms with Gasteiger partial charge in [-0.3, -0.25) is 0 Å². The van der Waals surface area contributed by atoms with Crippen molar-refractivity contribution in [3.05, 3.63) is 41.9 Å². The zero-order valence-corrected chi connectivity index (χ0v) is 10.5. The summed E-state index contributed by atoms with van der Waals surface area (Å²) in [6.07, 6.45) is 3.28. The lowest BCUT2D eigenvalue weighted by Gasteiger charge is -2.11. The van der Waals surface area contributed by atoms with Crippen LogP contribution in [0.5, 0.6) is 5.75 Å². The Morgan fingerprint density at radius 3 is 2.82 bits per heavy atom. The summed E-state index contributed by atoms with van der Waals surface area (Å²) in [6, 6.07) is 7.74. The Morgan fingerprint density at radius 1 is 1.29 bits per heavy atom. The van der Waals surface area contributed by atoms with Crippen LogP contribution in [0.15, 0.2) is 36.8 Å². The van der Waals surface area contributed by atoms with Crippen molar-refractivity contribution in [3.63, 3.8) is 0 Å². The molecule has 0 bridgehead atoms. The summed E-state index contributed by atoms with van der Waals surface area (Å²) in [5, 5.41) is 0.446. The van der Waals surface area contributed by atoms with Gasteiger partial charge in [0.15, 0.2) is 0 Å². The van der Waals surface area contributed by atoms with Crippen LogP contribution in [-0.2, 0) is 0 Å². The Bertz CT molecular complexity index is 514. The molecule has 0 aliphatic heterocycles. The second-order valence-corrected chi connectivity index (χ2v) is 4.28. The Hall–Kier alpha value is -1.61. The highest BCUT2D eigenvalue weighted by molar-refractivity contribution is 6.32. The minimum Gasteiger partial charge on any atom is -0.491 e. The molecule has 2 rings (SSSR count). The molecule has 4 heteroatoms. The molecule has 0 atom stereocenters. The number of benzene rings is 1. The molecule has 0 saturated heterocycles. The van der Waals surface area contributed by atoms with E-state index in [1.165, 1.54) is 6.33 Å². The standard InChI is InChI=1S/C13H13ClN2O/c1-9(2)17-11-5-3-4-10(6-11)12-7-15-8-16-13(12)14/h3-9H,1-2H3. The smallest absolute Gasteiger partial charge is 0.140 e. The lowest BCUT2D eigenvalue weighted by atomic mass is 10.1. The van der Waals surface area contributed by atoms with Gasteiger partial charge >= 0.3 is 0 Å². The topological polar surface area (TPSA) is 35.0 Å². The lowest BCUT2D eigenvalue weighted by molar-refractivity contribution is 0.242. The molecule has 3 nitrogen and oxygen atoms in total. The highest BCUT2D eigenvalue weighted by atomic mass is 35.5. The molecular weight excluding hydrogens is 236 g/mol. The van der Waals surface area contributed by atoms with Crippen LogP contribution in [0, 0.1) is 0 Å². The fourth-order valence-corrected chi connectivity index (χ4v) is 1.72. The van der Waals surface area contributed by atoms with Gasteiger partial charge in [-0.2, -0.15) is 0 Å². The van der Waals surface area contributed by atoms with Crippen LogP contribution in [-0.4, -0.2) is 16.1 Å². The van der Waals surface area contributed by atoms with E-state index in [4.69, 9.17) is 16.3 Å². The number of halogens is 1. The molecule has 0 fully saturated rings. The van der Waals surface area contributed by atoms with Gasteiger partial charge in [-0.05, 0) is 31.5 Å². The minimum atomic E-state index is 0.146. The van der Waals surface area contributed by atoms with Crippen LogP contribution in [0.3, 0.4) is 0 Å². The zero-order chi connectivity index (χ0) is 12.3. The summed E-state index contributed by atoms with van der Waals surface area (Å²) in [6.45, 7) is 3.98. The number of hydrogen-bond donors (Lipinski definition) is 0. The summed E-state index contributed by atoms with van der Waals surface area (Å²) >= 11 is 6.02. The van der Waals surface area contributed by atoms with Gasteiger partial charge in [0.2, 0.25) is 0 Å². The monoisotopic (exact) mass is 248 g/mol. The first-order chi connectivity index (χ1) is 8.16. The van der Waals surface area contributed by atoms with Crippen LogP contribution >= 0.6 is 11.6 Å². The van der Waals surface area contributed by atoms with Crippen LogP contribution in [0.2, 0.25) is 5.15 Å². The molecule has 1 aromatic heterocycles. The first kappa shape index (κ1) is 11.9. The average molecular weight is 249 g/mol. The van der Waals surface area contributed by atoms with Gasteiger partial charge < -0.3 is 4.74 Å². The van der Waals surface area contributed by atoms with Gasteiger partial charge in [-0.25, -0.2) is 9.97 Å². The molecule has 1 heterocycles. The molecule has 0 N–H and O–H groups in total. The number of nitrogens with zero attached hydrogens (tertiary/aromatic N) is 2. The molecule has 1 aromatic carbocycles. The van der Waals surface area contributed by atoms with Crippen molar-refractivity contribution in [2.45, 2.75) is 20.0 Å². The van der Waals surface area contributed by atoms with Gasteiger partial charge in [-0.15, -0.1) is 0 Å². The maximum absolute atomic E-state index is 6.02. The lowest BCUT2D eigenvalue weighted by Crippen LogP contribution is -2.05. The van der Waals surface area contributed by atoms with E-state index in [0.29, 0.717) is 5.15 Å². The maximum Gasteiger partial charge on any atom is 0.140 e. The van der Waals surface area contributed by atoms with E-state index in [0.717, 1.165) is 16.9 Å². The van der Waals surface area contributed by atoms with Crippen molar-refractivity contribution >= 4 is 11.6 Å². The molecule has 0 aliphatic rings. The molecule has 88 valence electrons. The fourth-order valence-electron chi connectivity index (χ4n) is 1.52. The Balaban J connectivity index is 2.37. The Morgan fingerprint density at radius 2 is 2.12 bits per heavy atom. The Labute approximate surface area is 105 Å². The SMILES string of the molecule is CC(C)Oc1cccc(-c2cncnc2Cl)c1. The van der Waals surface area contributed by atoms with Crippen molar-refractivity contribution in [2.24, 2.45) is 0 Å². The number of aromatic nitrogens is 2. The van der Waals surface area contributed by atoms with E-state index in [1.807, 2.05) is 38.1 Å². The number of hydrogen-bond acceptors (Lipinski definition) is 3. The highest BCUT2D eigenvalue weighted by Crippen LogP contribution is 2.28. The highest BCUT2D eigenvalue weighted by Gasteiger charge is 2.06. The summed E-state index contributed by atoms with van der Waals surface area (Å²) in [7, 11) is 0. The van der Waals surface area contributed by atoms with E-state index in [-0.39, 0.29) is 6.10 Å². The van der Waals surface area contributed by atoms with Crippen LogP contribution in [0.25, 0.3) is 11.1 Å². The second kappa shape index (κ2) is 5.15. The van der Waals surface area contributed by atoms with Gasteiger partial charge in [0, 0.05) is 11.8 Å². The van der Waals surface area contributed by atoms with Crippen molar-refractivity contribution in [3.8, 4) is 16.9 Å². The summed E-state index contributed by atoms with van der Waals surface area (Å²) in [5.74, 6) is 0.817. The minimum absolute atomic E-state index is 0.146. The quantitative estimate of drug-likeness (QED) is 0.779. The predicted molar refractivity (Wildman–Crippen MR) is 68.2 cm³/mol. The van der Waals surface area contributed by atoms with Crippen molar-refractivity contribution in [1.29, 1.82) is 0 Å². The third kappa shape index (κ3) is 2.94. The van der Waals surface area contributed by atoms with E-state index in [9.17, 15) is 0 Å². The molecule has 0 amide bonds. The van der Waals surface area contributed by atoms with Crippen LogP contribution < -0.4 is 4.74 Å². The van der Waals surface area contributed by atoms with Gasteiger partial charge in [0.25, 0.3) is 0 Å².